The van der Waals surface area contributed by atoms with E-state index in [0.29, 0.717) is 5.01 Å². The first-order valence-corrected chi connectivity index (χ1v) is 9.47. The Morgan fingerprint density at radius 1 is 1.16 bits per heavy atom. The molecule has 0 fully saturated rings. The Bertz CT molecular complexity index is 1190. The highest BCUT2D eigenvalue weighted by Crippen LogP contribution is 2.41. The molecular formula is C21H14Cl2F4N3O+. The topological polar surface area (TPSA) is 33.6 Å². The molecule has 10 heteroatoms. The Balaban J connectivity index is 2.23. The van der Waals surface area contributed by atoms with Crippen molar-refractivity contribution in [2.75, 3.05) is 5.01 Å². The van der Waals surface area contributed by atoms with Gasteiger partial charge in [-0.05, 0) is 44.2 Å². The second-order valence-corrected chi connectivity index (χ2v) is 7.30. The number of allylic oxidation sites excluding steroid dienone is 2. The third-order valence-corrected chi connectivity index (χ3v) is 5.02. The molecule has 0 atom stereocenters. The summed E-state index contributed by atoms with van der Waals surface area (Å²) in [5, 5.41) is 4.49. The predicted octanol–water partition coefficient (Wildman–Crippen LogP) is 7.77. The van der Waals surface area contributed by atoms with Gasteiger partial charge in [0.25, 0.3) is 0 Å². The summed E-state index contributed by atoms with van der Waals surface area (Å²) in [4.78, 5) is 3.29. The van der Waals surface area contributed by atoms with Crippen LogP contribution in [0, 0.1) is 19.3 Å². The molecule has 2 aromatic carbocycles. The molecule has 3 aromatic rings. The van der Waals surface area contributed by atoms with Gasteiger partial charge >= 0.3 is 12.7 Å². The summed E-state index contributed by atoms with van der Waals surface area (Å²) in [6.07, 6.45) is -4.88. The Labute approximate surface area is 185 Å². The third kappa shape index (κ3) is 4.38. The lowest BCUT2D eigenvalue weighted by Gasteiger charge is -2.16. The molecule has 0 bridgehead atoms. The molecule has 0 aliphatic heterocycles. The standard InChI is InChI=1S/C21H14Cl2F4N3O/c1-11-18(17-15(23)8-5-9-16(17)24)29-31-19(11)12(2)20(21(25,26)27)30(28-3)14-7-4-6-13(22)10-14/h3-10H,1-2H3/q+1. The molecule has 0 radical (unpaired) electrons. The fraction of sp³-hybridized carbons (Fsp3) is 0.143. The Morgan fingerprint density at radius 3 is 2.42 bits per heavy atom. The minimum Gasteiger partial charge on any atom is -0.356 e. The molecule has 0 spiro atoms. The van der Waals surface area contributed by atoms with Gasteiger partial charge in [0.1, 0.15) is 17.2 Å². The van der Waals surface area contributed by atoms with Gasteiger partial charge in [0.15, 0.2) is 5.76 Å². The molecule has 0 aliphatic carbocycles. The van der Waals surface area contributed by atoms with E-state index in [9.17, 15) is 17.6 Å². The zero-order valence-corrected chi connectivity index (χ0v) is 17.6. The van der Waals surface area contributed by atoms with Gasteiger partial charge in [0.05, 0.1) is 15.5 Å². The van der Waals surface area contributed by atoms with E-state index >= 15 is 0 Å². The number of rotatable bonds is 4. The van der Waals surface area contributed by atoms with Crippen LogP contribution in [0.1, 0.15) is 18.2 Å². The molecule has 0 unspecified atom stereocenters. The van der Waals surface area contributed by atoms with Crippen molar-refractivity contribution in [3.8, 4) is 17.8 Å². The van der Waals surface area contributed by atoms with Crippen LogP contribution in [-0.2, 0) is 0 Å². The number of nitrogens with zero attached hydrogens (tertiary/aromatic N) is 3. The Kier molecular flexibility index (Phi) is 6.30. The van der Waals surface area contributed by atoms with Gasteiger partial charge in [-0.2, -0.15) is 13.2 Å². The summed E-state index contributed by atoms with van der Waals surface area (Å²) in [6.45, 7) is 7.92. The highest BCUT2D eigenvalue weighted by Gasteiger charge is 2.46. The van der Waals surface area contributed by atoms with Crippen molar-refractivity contribution in [3.63, 3.8) is 0 Å². The number of aromatic nitrogens is 1. The molecule has 4 nitrogen and oxygen atoms in total. The summed E-state index contributed by atoms with van der Waals surface area (Å²) < 4.78 is 61.7. The second-order valence-electron chi connectivity index (χ2n) is 6.46. The first kappa shape index (κ1) is 22.7. The number of hydrogen-bond donors (Lipinski definition) is 0. The molecule has 1 heterocycles. The Hall–Kier alpha value is -3.02. The van der Waals surface area contributed by atoms with Crippen LogP contribution in [-0.4, -0.2) is 11.3 Å². The largest absolute Gasteiger partial charge is 0.438 e. The maximum Gasteiger partial charge on any atom is 0.438 e. The van der Waals surface area contributed by atoms with E-state index in [2.05, 4.69) is 10.1 Å². The van der Waals surface area contributed by atoms with Crippen LogP contribution in [0.5, 0.6) is 0 Å². The molecule has 0 aliphatic rings. The lowest BCUT2D eigenvalue weighted by molar-refractivity contribution is -0.0921. The monoisotopic (exact) mass is 470 g/mol. The van der Waals surface area contributed by atoms with E-state index < -0.39 is 17.7 Å². The molecule has 31 heavy (non-hydrogen) atoms. The zero-order chi connectivity index (χ0) is 22.9. The van der Waals surface area contributed by atoms with Crippen LogP contribution in [0.15, 0.2) is 52.7 Å². The minimum absolute atomic E-state index is 0.0158. The van der Waals surface area contributed by atoms with Crippen LogP contribution >= 0.6 is 23.2 Å². The summed E-state index contributed by atoms with van der Waals surface area (Å²) in [5.41, 5.74) is -1.54. The van der Waals surface area contributed by atoms with Gasteiger partial charge in [-0.1, -0.05) is 40.5 Å². The van der Waals surface area contributed by atoms with Crippen molar-refractivity contribution in [1.29, 1.82) is 0 Å². The van der Waals surface area contributed by atoms with Crippen LogP contribution in [0.3, 0.4) is 0 Å². The summed E-state index contributed by atoms with van der Waals surface area (Å²) >= 11 is 12.0. The van der Waals surface area contributed by atoms with Crippen molar-refractivity contribution in [3.05, 3.63) is 80.3 Å². The molecule has 0 saturated carbocycles. The average molecular weight is 471 g/mol. The summed E-state index contributed by atoms with van der Waals surface area (Å²) in [7, 11) is 0. The fourth-order valence-electron chi connectivity index (χ4n) is 3.10. The Morgan fingerprint density at radius 2 is 1.84 bits per heavy atom. The maximum absolute atomic E-state index is 14.3. The summed E-state index contributed by atoms with van der Waals surface area (Å²) in [6, 6.07) is 9.58. The van der Waals surface area contributed by atoms with Crippen LogP contribution < -0.4 is 5.01 Å². The van der Waals surface area contributed by atoms with Crippen molar-refractivity contribution in [2.24, 2.45) is 0 Å². The van der Waals surface area contributed by atoms with Gasteiger partial charge in [0, 0.05) is 21.2 Å². The number of benzene rings is 2. The highest BCUT2D eigenvalue weighted by atomic mass is 35.5. The summed E-state index contributed by atoms with van der Waals surface area (Å²) in [5.74, 6) is -0.914. The number of alkyl halides is 3. The average Bonchev–Trinajstić information content (AvgIpc) is 3.05. The van der Waals surface area contributed by atoms with E-state index in [0.717, 1.165) is 6.07 Å². The molecule has 0 N–H and O–H groups in total. The smallest absolute Gasteiger partial charge is 0.356 e. The van der Waals surface area contributed by atoms with E-state index in [1.165, 1.54) is 50.2 Å². The highest BCUT2D eigenvalue weighted by molar-refractivity contribution is 6.33. The van der Waals surface area contributed by atoms with Crippen molar-refractivity contribution in [1.82, 2.24) is 5.16 Å². The molecule has 0 saturated heterocycles. The first-order chi connectivity index (χ1) is 14.6. The third-order valence-electron chi connectivity index (χ3n) is 4.47. The molecule has 1 aromatic heterocycles. The van der Waals surface area contributed by atoms with E-state index in [1.54, 1.807) is 0 Å². The van der Waals surface area contributed by atoms with Gasteiger partial charge < -0.3 is 4.52 Å². The SMILES string of the molecule is C#[N+]N(C(=C(C)c1onc(-c2c(F)cccc2Cl)c1C)C(F)(F)F)c1cccc(Cl)c1. The van der Waals surface area contributed by atoms with E-state index in [4.69, 9.17) is 34.3 Å². The van der Waals surface area contributed by atoms with Crippen LogP contribution in [0.4, 0.5) is 23.2 Å². The molecule has 0 amide bonds. The van der Waals surface area contributed by atoms with E-state index in [-0.39, 0.29) is 43.9 Å². The van der Waals surface area contributed by atoms with E-state index in [1.807, 2.05) is 0 Å². The number of hydrogen-bond acceptors (Lipinski definition) is 3. The normalized spacial score (nSPS) is 12.4. The van der Waals surface area contributed by atoms with Gasteiger partial charge in [-0.25, -0.2) is 4.39 Å². The fourth-order valence-corrected chi connectivity index (χ4v) is 3.54. The van der Waals surface area contributed by atoms with Crippen molar-refractivity contribution < 1.29 is 22.1 Å². The molecule has 160 valence electrons. The van der Waals surface area contributed by atoms with Crippen molar-refractivity contribution >= 4 is 34.5 Å². The zero-order valence-electron chi connectivity index (χ0n) is 16.1. The molecule has 3 rings (SSSR count). The quantitative estimate of drug-likeness (QED) is 0.288. The van der Waals surface area contributed by atoms with Gasteiger partial charge in [-0.3, -0.25) is 0 Å². The minimum atomic E-state index is -4.88. The van der Waals surface area contributed by atoms with Gasteiger partial charge in [0.2, 0.25) is 5.70 Å². The molecular weight excluding hydrogens is 457 g/mol. The van der Waals surface area contributed by atoms with Crippen molar-refractivity contribution in [2.45, 2.75) is 20.0 Å². The lowest BCUT2D eigenvalue weighted by atomic mass is 10.0. The number of halogens is 6. The second kappa shape index (κ2) is 8.61. The maximum atomic E-state index is 14.3. The number of anilines is 1. The van der Waals surface area contributed by atoms with Crippen LogP contribution in [0.2, 0.25) is 10.0 Å². The van der Waals surface area contributed by atoms with Gasteiger partial charge in [-0.15, -0.1) is 0 Å². The lowest BCUT2D eigenvalue weighted by Crippen LogP contribution is -2.28. The first-order valence-electron chi connectivity index (χ1n) is 8.71. The van der Waals surface area contributed by atoms with Crippen LogP contribution in [0.25, 0.3) is 21.8 Å². The predicted molar refractivity (Wildman–Crippen MR) is 113 cm³/mol.